The summed E-state index contributed by atoms with van der Waals surface area (Å²) in [7, 11) is 0. The molecule has 0 fully saturated rings. The van der Waals surface area contributed by atoms with Crippen LogP contribution in [-0.4, -0.2) is 16.0 Å². The molecule has 19 heavy (non-hydrogen) atoms. The minimum Gasteiger partial charge on any atom is -0.478 e. The number of aromatic carboxylic acids is 1. The van der Waals surface area contributed by atoms with Gasteiger partial charge in [-0.05, 0) is 18.2 Å². The largest absolute Gasteiger partial charge is 0.478 e. The number of benzene rings is 1. The van der Waals surface area contributed by atoms with E-state index in [2.05, 4.69) is 0 Å². The number of hydrogen-bond donors (Lipinski definition) is 1. The van der Waals surface area contributed by atoms with Gasteiger partial charge in [-0.25, -0.2) is 4.79 Å². The number of carbonyl (C=O) groups is 1. The maximum atomic E-state index is 11.0. The third kappa shape index (κ3) is 2.54. The highest BCUT2D eigenvalue weighted by molar-refractivity contribution is 6.38. The fourth-order valence-electron chi connectivity index (χ4n) is 1.47. The van der Waals surface area contributed by atoms with Crippen LogP contribution in [0.2, 0.25) is 10.0 Å². The van der Waals surface area contributed by atoms with Gasteiger partial charge in [-0.15, -0.1) is 0 Å². The third-order valence-corrected chi connectivity index (χ3v) is 2.95. The Bertz CT molecular complexity index is 680. The van der Waals surface area contributed by atoms with Crippen molar-refractivity contribution in [2.24, 2.45) is 0 Å². The zero-order valence-corrected chi connectivity index (χ0v) is 10.6. The van der Waals surface area contributed by atoms with Gasteiger partial charge in [-0.1, -0.05) is 23.2 Å². The predicted octanol–water partition coefficient (Wildman–Crippen LogP) is 3.86. The number of nitrogens with zero attached hydrogens (tertiary/aromatic N) is 1. The average molecular weight is 302 g/mol. The molecule has 0 radical (unpaired) electrons. The number of nitro groups is 1. The van der Waals surface area contributed by atoms with Gasteiger partial charge in [0.2, 0.25) is 0 Å². The fourth-order valence-corrected chi connectivity index (χ4v) is 2.03. The van der Waals surface area contributed by atoms with Crippen LogP contribution in [0, 0.1) is 10.1 Å². The van der Waals surface area contributed by atoms with E-state index in [1.165, 1.54) is 18.2 Å². The Morgan fingerprint density at radius 2 is 1.95 bits per heavy atom. The van der Waals surface area contributed by atoms with Crippen molar-refractivity contribution >= 4 is 35.1 Å². The van der Waals surface area contributed by atoms with Crippen molar-refractivity contribution in [1.82, 2.24) is 0 Å². The number of carboxylic acid groups (broad SMARTS) is 1. The monoisotopic (exact) mass is 301 g/mol. The Labute approximate surface area is 116 Å². The van der Waals surface area contributed by atoms with Gasteiger partial charge in [0.05, 0.1) is 21.7 Å². The molecule has 0 bridgehead atoms. The Kier molecular flexibility index (Phi) is 3.46. The van der Waals surface area contributed by atoms with Crippen LogP contribution in [0.3, 0.4) is 0 Å². The van der Waals surface area contributed by atoms with Crippen molar-refractivity contribution in [3.8, 4) is 11.3 Å². The van der Waals surface area contributed by atoms with Gasteiger partial charge >= 0.3 is 11.9 Å². The molecule has 2 rings (SSSR count). The second-order valence-electron chi connectivity index (χ2n) is 3.51. The van der Waals surface area contributed by atoms with Gasteiger partial charge in [-0.3, -0.25) is 10.1 Å². The lowest BCUT2D eigenvalue weighted by molar-refractivity contribution is -0.401. The second-order valence-corrected chi connectivity index (χ2v) is 4.33. The molecule has 2 aromatic rings. The molecule has 98 valence electrons. The fraction of sp³-hybridized carbons (Fsp3) is 0. The zero-order chi connectivity index (χ0) is 14.2. The summed E-state index contributed by atoms with van der Waals surface area (Å²) in [5.74, 6) is -1.60. The number of furan rings is 1. The lowest BCUT2D eigenvalue weighted by Gasteiger charge is -2.04. The maximum absolute atomic E-state index is 11.0. The summed E-state index contributed by atoms with van der Waals surface area (Å²) in [6.45, 7) is 0. The molecule has 0 unspecified atom stereocenters. The smallest absolute Gasteiger partial charge is 0.433 e. The van der Waals surface area contributed by atoms with Crippen molar-refractivity contribution in [3.63, 3.8) is 0 Å². The van der Waals surface area contributed by atoms with E-state index in [4.69, 9.17) is 32.7 Å². The predicted molar refractivity (Wildman–Crippen MR) is 67.8 cm³/mol. The quantitative estimate of drug-likeness (QED) is 0.686. The van der Waals surface area contributed by atoms with Crippen molar-refractivity contribution < 1.29 is 19.2 Å². The molecular weight excluding hydrogens is 297 g/mol. The Hall–Kier alpha value is -2.05. The summed E-state index contributed by atoms with van der Waals surface area (Å²) < 4.78 is 4.97. The maximum Gasteiger partial charge on any atom is 0.433 e. The molecule has 0 saturated carbocycles. The summed E-state index contributed by atoms with van der Waals surface area (Å²) in [6.07, 6.45) is 0. The lowest BCUT2D eigenvalue weighted by atomic mass is 10.1. The zero-order valence-electron chi connectivity index (χ0n) is 9.09. The minimum absolute atomic E-state index is 0.0256. The summed E-state index contributed by atoms with van der Waals surface area (Å²) in [5.41, 5.74) is 0.0525. The molecule has 0 aliphatic carbocycles. The van der Waals surface area contributed by atoms with Crippen LogP contribution in [-0.2, 0) is 0 Å². The first-order chi connectivity index (χ1) is 8.90. The number of carboxylic acids is 1. The highest BCUT2D eigenvalue weighted by Gasteiger charge is 2.18. The highest BCUT2D eigenvalue weighted by atomic mass is 35.5. The summed E-state index contributed by atoms with van der Waals surface area (Å²) in [6, 6.07) is 4.94. The molecule has 0 aliphatic heterocycles. The van der Waals surface area contributed by atoms with E-state index in [9.17, 15) is 14.9 Å². The van der Waals surface area contributed by atoms with E-state index in [-0.39, 0.29) is 26.9 Å². The van der Waals surface area contributed by atoms with Crippen LogP contribution in [0.4, 0.5) is 5.88 Å². The molecule has 8 heteroatoms. The molecule has 0 saturated heterocycles. The topological polar surface area (TPSA) is 93.6 Å². The minimum atomic E-state index is -1.23. The van der Waals surface area contributed by atoms with Crippen LogP contribution in [0.5, 0.6) is 0 Å². The SMILES string of the molecule is O=C(O)c1cc(-c2ccc([N+](=O)[O-])o2)c(Cl)cc1Cl. The van der Waals surface area contributed by atoms with Crippen molar-refractivity contribution in [3.05, 3.63) is 50.0 Å². The second kappa shape index (κ2) is 4.91. The van der Waals surface area contributed by atoms with Crippen LogP contribution in [0.1, 0.15) is 10.4 Å². The van der Waals surface area contributed by atoms with E-state index in [0.717, 1.165) is 6.07 Å². The molecule has 0 aliphatic rings. The summed E-state index contributed by atoms with van der Waals surface area (Å²) in [4.78, 5) is 20.8. The first-order valence-corrected chi connectivity index (χ1v) is 5.62. The molecule has 1 N–H and O–H groups in total. The number of halogens is 2. The van der Waals surface area contributed by atoms with Crippen LogP contribution < -0.4 is 0 Å². The van der Waals surface area contributed by atoms with Crippen molar-refractivity contribution in [1.29, 1.82) is 0 Å². The van der Waals surface area contributed by atoms with Crippen molar-refractivity contribution in [2.75, 3.05) is 0 Å². The summed E-state index contributed by atoms with van der Waals surface area (Å²) in [5, 5.41) is 19.6. The molecular formula is C11H5Cl2NO5. The van der Waals surface area contributed by atoms with Gasteiger partial charge < -0.3 is 9.52 Å². The Morgan fingerprint density at radius 3 is 2.47 bits per heavy atom. The average Bonchev–Trinajstić information content (AvgIpc) is 2.77. The normalized spacial score (nSPS) is 10.4. The molecule has 0 atom stereocenters. The standard InChI is InChI=1S/C11H5Cl2NO5/c12-7-4-8(13)6(11(15)16)3-5(7)9-1-2-10(19-9)14(17)18/h1-4H,(H,15,16). The Balaban J connectivity index is 2.57. The van der Waals surface area contributed by atoms with Crippen LogP contribution in [0.15, 0.2) is 28.7 Å². The molecule has 0 amide bonds. The van der Waals surface area contributed by atoms with E-state index < -0.39 is 16.8 Å². The van der Waals surface area contributed by atoms with Gasteiger partial charge in [0.15, 0.2) is 0 Å². The van der Waals surface area contributed by atoms with Gasteiger partial charge in [0, 0.05) is 5.56 Å². The third-order valence-electron chi connectivity index (χ3n) is 2.32. The van der Waals surface area contributed by atoms with Crippen LogP contribution >= 0.6 is 23.2 Å². The Morgan fingerprint density at radius 1 is 1.26 bits per heavy atom. The summed E-state index contributed by atoms with van der Waals surface area (Å²) >= 11 is 11.7. The molecule has 1 aromatic carbocycles. The first kappa shape index (κ1) is 13.4. The highest BCUT2D eigenvalue weighted by Crippen LogP contribution is 2.35. The van der Waals surface area contributed by atoms with Crippen molar-refractivity contribution in [2.45, 2.75) is 0 Å². The molecule has 1 aromatic heterocycles. The van der Waals surface area contributed by atoms with Gasteiger partial charge in [0.1, 0.15) is 10.7 Å². The lowest BCUT2D eigenvalue weighted by Crippen LogP contribution is -1.98. The molecule has 1 heterocycles. The van der Waals surface area contributed by atoms with E-state index >= 15 is 0 Å². The van der Waals surface area contributed by atoms with E-state index in [1.807, 2.05) is 0 Å². The van der Waals surface area contributed by atoms with E-state index in [0.29, 0.717) is 0 Å². The van der Waals surface area contributed by atoms with Gasteiger partial charge in [0.25, 0.3) is 0 Å². The number of rotatable bonds is 3. The van der Waals surface area contributed by atoms with Crippen LogP contribution in [0.25, 0.3) is 11.3 Å². The molecule has 6 nitrogen and oxygen atoms in total. The van der Waals surface area contributed by atoms with Gasteiger partial charge in [-0.2, -0.15) is 0 Å². The van der Waals surface area contributed by atoms with E-state index in [1.54, 1.807) is 0 Å². The number of hydrogen-bond acceptors (Lipinski definition) is 4. The molecule has 0 spiro atoms. The first-order valence-electron chi connectivity index (χ1n) is 4.87.